The monoisotopic (exact) mass is 349 g/mol. The van der Waals surface area contributed by atoms with Crippen LogP contribution in [0.25, 0.3) is 0 Å². The van der Waals surface area contributed by atoms with Crippen molar-refractivity contribution in [1.82, 2.24) is 4.90 Å². The van der Waals surface area contributed by atoms with Crippen LogP contribution < -0.4 is 0 Å². The van der Waals surface area contributed by atoms with Gasteiger partial charge in [0.15, 0.2) is 0 Å². The second-order valence-electron chi connectivity index (χ2n) is 8.58. The van der Waals surface area contributed by atoms with E-state index in [1.807, 2.05) is 0 Å². The van der Waals surface area contributed by atoms with E-state index in [9.17, 15) is 5.11 Å². The molecule has 2 unspecified atom stereocenters. The van der Waals surface area contributed by atoms with E-state index in [1.54, 1.807) is 0 Å². The van der Waals surface area contributed by atoms with E-state index < -0.39 is 5.60 Å². The summed E-state index contributed by atoms with van der Waals surface area (Å²) in [7, 11) is 0. The first kappa shape index (κ1) is 17.8. The highest BCUT2D eigenvalue weighted by atomic mass is 16.3. The summed E-state index contributed by atoms with van der Waals surface area (Å²) in [5, 5.41) is 11.7. The highest BCUT2D eigenvalue weighted by molar-refractivity contribution is 5.36. The lowest BCUT2D eigenvalue weighted by Gasteiger charge is -2.52. The lowest BCUT2D eigenvalue weighted by atomic mass is 9.70. The van der Waals surface area contributed by atoms with Gasteiger partial charge in [-0.05, 0) is 48.3 Å². The predicted molar refractivity (Wildman–Crippen MR) is 107 cm³/mol. The summed E-state index contributed by atoms with van der Waals surface area (Å²) in [6.45, 7) is 5.47. The van der Waals surface area contributed by atoms with Crippen LogP contribution in [-0.4, -0.2) is 22.1 Å². The van der Waals surface area contributed by atoms with E-state index in [0.717, 1.165) is 19.4 Å². The summed E-state index contributed by atoms with van der Waals surface area (Å²) in [6, 6.07) is 20.3. The average Bonchev–Trinajstić information content (AvgIpc) is 2.63. The minimum absolute atomic E-state index is 0.442. The van der Waals surface area contributed by atoms with Gasteiger partial charge in [0.2, 0.25) is 0 Å². The summed E-state index contributed by atoms with van der Waals surface area (Å²) in [4.78, 5) is 2.67. The molecule has 0 radical (unpaired) electrons. The highest BCUT2D eigenvalue weighted by Gasteiger charge is 2.46. The van der Waals surface area contributed by atoms with Crippen molar-refractivity contribution >= 4 is 0 Å². The normalized spacial score (nSPS) is 29.1. The molecule has 2 nitrogen and oxygen atoms in total. The molecule has 2 aromatic rings. The van der Waals surface area contributed by atoms with Gasteiger partial charge < -0.3 is 5.11 Å². The molecule has 4 rings (SSSR count). The lowest BCUT2D eigenvalue weighted by molar-refractivity contribution is -0.100. The number of hydrogen-bond donors (Lipinski definition) is 1. The molecule has 138 valence electrons. The maximum absolute atomic E-state index is 11.7. The minimum Gasteiger partial charge on any atom is -0.385 e. The first-order valence-electron chi connectivity index (χ1n) is 10.2. The maximum atomic E-state index is 11.7. The molecule has 2 fully saturated rings. The zero-order valence-electron chi connectivity index (χ0n) is 16.1. The van der Waals surface area contributed by atoms with Gasteiger partial charge >= 0.3 is 0 Å². The molecule has 0 saturated carbocycles. The number of benzene rings is 2. The number of nitrogens with zero attached hydrogens (tertiary/aromatic N) is 1. The van der Waals surface area contributed by atoms with Gasteiger partial charge in [-0.3, -0.25) is 4.90 Å². The van der Waals surface area contributed by atoms with Crippen molar-refractivity contribution in [2.24, 2.45) is 0 Å². The number of aliphatic hydroxyl groups is 1. The van der Waals surface area contributed by atoms with Crippen molar-refractivity contribution in [2.45, 2.75) is 76.1 Å². The molecule has 2 saturated heterocycles. The number of rotatable bonds is 4. The SMILES string of the molecule is CC(C)c1ccccc1C1(O)CC2CCCC(C1)N2Cc1ccccc1. The van der Waals surface area contributed by atoms with Gasteiger partial charge in [0.05, 0.1) is 5.60 Å². The van der Waals surface area contributed by atoms with Crippen LogP contribution in [0.4, 0.5) is 0 Å². The molecule has 2 aromatic carbocycles. The van der Waals surface area contributed by atoms with Crippen molar-refractivity contribution in [3.8, 4) is 0 Å². The van der Waals surface area contributed by atoms with E-state index >= 15 is 0 Å². The van der Waals surface area contributed by atoms with Crippen molar-refractivity contribution in [3.63, 3.8) is 0 Å². The lowest BCUT2D eigenvalue weighted by Crippen LogP contribution is -2.56. The van der Waals surface area contributed by atoms with Crippen LogP contribution in [0, 0.1) is 0 Å². The molecule has 0 aromatic heterocycles. The largest absolute Gasteiger partial charge is 0.385 e. The van der Waals surface area contributed by atoms with Gasteiger partial charge in [-0.1, -0.05) is 74.9 Å². The van der Waals surface area contributed by atoms with Crippen LogP contribution >= 0.6 is 0 Å². The maximum Gasteiger partial charge on any atom is 0.0929 e. The molecule has 2 bridgehead atoms. The fraction of sp³-hybridized carbons (Fsp3) is 0.500. The third kappa shape index (κ3) is 3.33. The third-order valence-corrected chi connectivity index (χ3v) is 6.45. The van der Waals surface area contributed by atoms with Crippen molar-refractivity contribution in [2.75, 3.05) is 0 Å². The Morgan fingerprint density at radius 1 is 0.962 bits per heavy atom. The molecular formula is C24H31NO. The fourth-order valence-corrected chi connectivity index (χ4v) is 5.22. The first-order chi connectivity index (χ1) is 12.6. The summed E-state index contributed by atoms with van der Waals surface area (Å²) in [6.07, 6.45) is 5.42. The third-order valence-electron chi connectivity index (χ3n) is 6.45. The zero-order chi connectivity index (χ0) is 18.1. The van der Waals surface area contributed by atoms with E-state index in [0.29, 0.717) is 18.0 Å². The van der Waals surface area contributed by atoms with Gasteiger partial charge in [-0.2, -0.15) is 0 Å². The van der Waals surface area contributed by atoms with Gasteiger partial charge in [0, 0.05) is 18.6 Å². The van der Waals surface area contributed by atoms with Crippen LogP contribution in [-0.2, 0) is 12.1 Å². The van der Waals surface area contributed by atoms with Crippen molar-refractivity contribution in [3.05, 3.63) is 71.3 Å². The smallest absolute Gasteiger partial charge is 0.0929 e. The van der Waals surface area contributed by atoms with Gasteiger partial charge in [-0.25, -0.2) is 0 Å². The van der Waals surface area contributed by atoms with Crippen LogP contribution in [0.1, 0.15) is 68.6 Å². The summed E-state index contributed by atoms with van der Waals surface area (Å²) in [5.74, 6) is 0.442. The van der Waals surface area contributed by atoms with Crippen LogP contribution in [0.2, 0.25) is 0 Å². The molecule has 0 aliphatic carbocycles. The molecule has 1 N–H and O–H groups in total. The van der Waals surface area contributed by atoms with E-state index in [-0.39, 0.29) is 0 Å². The van der Waals surface area contributed by atoms with Gasteiger partial charge in [0.25, 0.3) is 0 Å². The van der Waals surface area contributed by atoms with Crippen molar-refractivity contribution in [1.29, 1.82) is 0 Å². The second kappa shape index (κ2) is 7.17. The topological polar surface area (TPSA) is 23.5 Å². The molecule has 0 amide bonds. The van der Waals surface area contributed by atoms with Crippen LogP contribution in [0.3, 0.4) is 0 Å². The van der Waals surface area contributed by atoms with E-state index in [2.05, 4.69) is 73.3 Å². The Hall–Kier alpha value is -1.64. The Kier molecular flexibility index (Phi) is 4.90. The molecule has 2 aliphatic rings. The van der Waals surface area contributed by atoms with E-state index in [4.69, 9.17) is 0 Å². The molecule has 26 heavy (non-hydrogen) atoms. The summed E-state index contributed by atoms with van der Waals surface area (Å²) >= 11 is 0. The molecule has 0 spiro atoms. The van der Waals surface area contributed by atoms with Gasteiger partial charge in [-0.15, -0.1) is 0 Å². The number of hydrogen-bond acceptors (Lipinski definition) is 2. The fourth-order valence-electron chi connectivity index (χ4n) is 5.22. The van der Waals surface area contributed by atoms with Gasteiger partial charge in [0.1, 0.15) is 0 Å². The quantitative estimate of drug-likeness (QED) is 0.818. The Balaban J connectivity index is 1.62. The Bertz CT molecular complexity index is 725. The number of piperidine rings is 2. The van der Waals surface area contributed by atoms with E-state index in [1.165, 1.54) is 36.0 Å². The van der Waals surface area contributed by atoms with Crippen LogP contribution in [0.15, 0.2) is 54.6 Å². The van der Waals surface area contributed by atoms with Crippen molar-refractivity contribution < 1.29 is 5.11 Å². The Morgan fingerprint density at radius 2 is 1.58 bits per heavy atom. The predicted octanol–water partition coefficient (Wildman–Crippen LogP) is 5.21. The Labute approximate surface area is 157 Å². The van der Waals surface area contributed by atoms with Crippen LogP contribution in [0.5, 0.6) is 0 Å². The highest BCUT2D eigenvalue weighted by Crippen LogP contribution is 2.46. The molecule has 2 aliphatic heterocycles. The first-order valence-corrected chi connectivity index (χ1v) is 10.2. The summed E-state index contributed by atoms with van der Waals surface area (Å²) in [5.41, 5.74) is 3.19. The number of fused-ring (bicyclic) bond motifs is 2. The average molecular weight is 350 g/mol. The molecule has 2 atom stereocenters. The zero-order valence-corrected chi connectivity index (χ0v) is 16.1. The summed E-state index contributed by atoms with van der Waals surface area (Å²) < 4.78 is 0. The Morgan fingerprint density at radius 3 is 2.23 bits per heavy atom. The molecule has 2 heteroatoms. The minimum atomic E-state index is -0.677. The second-order valence-corrected chi connectivity index (χ2v) is 8.58. The molecular weight excluding hydrogens is 318 g/mol. The molecule has 2 heterocycles. The standard InChI is InChI=1S/C24H31NO/c1-18(2)22-13-6-7-14-23(22)24(26)15-20-11-8-12-21(16-24)25(20)17-19-9-4-3-5-10-19/h3-7,9-10,13-14,18,20-21,26H,8,11-12,15-17H2,1-2H3.